The predicted octanol–water partition coefficient (Wildman–Crippen LogP) is 15.7. The molecule has 3 saturated carbocycles. The van der Waals surface area contributed by atoms with Gasteiger partial charge in [0.1, 0.15) is 5.78 Å². The summed E-state index contributed by atoms with van der Waals surface area (Å²) in [6.45, 7) is 33.0. The van der Waals surface area contributed by atoms with E-state index >= 15 is 0 Å². The molecule has 3 aliphatic carbocycles. The van der Waals surface area contributed by atoms with Gasteiger partial charge in [0.05, 0.1) is 0 Å². The minimum atomic E-state index is -10.7. The van der Waals surface area contributed by atoms with E-state index in [9.17, 15) is 30.0 Å². The molecule has 0 atom stereocenters. The van der Waals surface area contributed by atoms with Gasteiger partial charge in [-0.15, -0.1) is 0 Å². The van der Waals surface area contributed by atoms with Gasteiger partial charge in [-0.25, -0.2) is 0 Å². The summed E-state index contributed by atoms with van der Waals surface area (Å²) in [7, 11) is -10.7. The zero-order valence-corrected chi connectivity index (χ0v) is 50.1. The summed E-state index contributed by atoms with van der Waals surface area (Å²) in [6.07, 6.45) is 6.79. The third-order valence-corrected chi connectivity index (χ3v) is 10.9. The Kier molecular flexibility index (Phi) is 46.1. The van der Waals surface area contributed by atoms with Crippen LogP contribution in [0.2, 0.25) is 0 Å². The van der Waals surface area contributed by atoms with Gasteiger partial charge < -0.3 is 54.0 Å². The summed E-state index contributed by atoms with van der Waals surface area (Å²) < 4.78 is 59.2. The van der Waals surface area contributed by atoms with E-state index in [0.29, 0.717) is 0 Å². The van der Waals surface area contributed by atoms with Gasteiger partial charge in [-0.1, -0.05) is 165 Å². The monoisotopic (exact) mass is 1310 g/mol. The SMILES string of the molecule is C[C]1[C](C)[C](C)[C](C)[C]1C.C[C]1[C](C)[C](C)[C](C)[C]1C.C[C]1[C](C)[C](C)[C](C)[C]1C.F[P-](F)(F)(F)(F)F.O=C([CH][CH]c1ccccc1)[CH][CH]c1ccccc1.[Mo+3].[Mo+4].[Mo+4].[Pd].[S-2].[S-2].[S-2].[S-2]. The van der Waals surface area contributed by atoms with Crippen LogP contribution >= 0.6 is 7.81 Å². The zero-order chi connectivity index (χ0) is 42.7. The minimum absolute atomic E-state index is 0. The summed E-state index contributed by atoms with van der Waals surface area (Å²) in [4.78, 5) is 11.6. The van der Waals surface area contributed by atoms with Crippen LogP contribution in [0.5, 0.6) is 0 Å². The van der Waals surface area contributed by atoms with E-state index in [1.54, 1.807) is 12.8 Å². The van der Waals surface area contributed by atoms with Gasteiger partial charge in [0.25, 0.3) is 0 Å². The van der Waals surface area contributed by atoms with E-state index in [1.807, 2.05) is 73.5 Å². The first kappa shape index (κ1) is 82.2. The van der Waals surface area contributed by atoms with Crippen molar-refractivity contribution in [2.24, 2.45) is 0 Å². The van der Waals surface area contributed by atoms with Crippen molar-refractivity contribution in [1.82, 2.24) is 0 Å². The molecule has 3 fully saturated rings. The molecular weight excluding hydrogens is 1250 g/mol. The summed E-state index contributed by atoms with van der Waals surface area (Å²) in [5.74, 6) is 22.0. The number of hydrogen-bond acceptors (Lipinski definition) is 1. The molecule has 0 unspecified atom stereocenters. The number of hydrogen-bond donors (Lipinski definition) is 0. The third kappa shape index (κ3) is 32.0. The number of ketones is 1. The molecule has 0 spiro atoms. The van der Waals surface area contributed by atoms with Crippen molar-refractivity contribution in [3.63, 3.8) is 0 Å². The van der Waals surface area contributed by atoms with Crippen LogP contribution in [-0.4, -0.2) is 5.78 Å². The molecule has 3 aliphatic rings. The fourth-order valence-electron chi connectivity index (χ4n) is 5.76. The Balaban J connectivity index is -0.000000100. The topological polar surface area (TPSA) is 17.1 Å². The average Bonchev–Trinajstić information content (AvgIpc) is 3.49. The molecule has 1 nitrogen and oxygen atoms in total. The Morgan fingerprint density at radius 1 is 0.365 bits per heavy atom. The second-order valence-electron chi connectivity index (χ2n) is 14.2. The molecule has 2 aromatic carbocycles. The maximum atomic E-state index is 11.6. The molecule has 16 heteroatoms. The van der Waals surface area contributed by atoms with E-state index in [2.05, 4.69) is 104 Å². The minimum Gasteiger partial charge on any atom is -2.00 e. The van der Waals surface area contributed by atoms with Gasteiger partial charge in [-0.05, 0) is 99.9 Å². The van der Waals surface area contributed by atoms with Crippen LogP contribution in [0.4, 0.5) is 25.2 Å². The smallest absolute Gasteiger partial charge is 2.00 e. The number of benzene rings is 2. The number of carbonyl (C=O) groups is 1. The summed E-state index contributed by atoms with van der Waals surface area (Å²) in [5.41, 5.74) is 2.05. The summed E-state index contributed by atoms with van der Waals surface area (Å²) >= 11 is 0. The molecule has 2 aromatic rings. The van der Waals surface area contributed by atoms with Crippen molar-refractivity contribution < 1.29 is 114 Å². The van der Waals surface area contributed by atoms with E-state index in [-0.39, 0.29) is 143 Å². The van der Waals surface area contributed by atoms with Gasteiger partial charge in [0, 0.05) is 46.1 Å². The van der Waals surface area contributed by atoms with Gasteiger partial charge in [-0.3, -0.25) is 4.79 Å². The van der Waals surface area contributed by atoms with Gasteiger partial charge in [0.15, 0.2) is 0 Å². The van der Waals surface area contributed by atoms with Crippen molar-refractivity contribution in [3.05, 3.63) is 186 Å². The Morgan fingerprint density at radius 2 is 0.492 bits per heavy atom. The molecule has 0 saturated heterocycles. The zero-order valence-electron chi connectivity index (χ0n) is 38.4. The van der Waals surface area contributed by atoms with Crippen LogP contribution in [0.1, 0.15) is 115 Å². The average molecular weight is 1310 g/mol. The first-order valence-electron chi connectivity index (χ1n) is 18.1. The van der Waals surface area contributed by atoms with E-state index in [4.69, 9.17) is 0 Å². The maximum Gasteiger partial charge on any atom is 4.00 e. The van der Waals surface area contributed by atoms with Crippen LogP contribution in [0.15, 0.2) is 60.7 Å². The molecule has 20 radical (unpaired) electrons. The molecule has 0 amide bonds. The van der Waals surface area contributed by atoms with Crippen LogP contribution in [0.25, 0.3) is 0 Å². The number of carbonyl (C=O) groups excluding carboxylic acids is 1. The maximum absolute atomic E-state index is 11.6. The van der Waals surface area contributed by atoms with Gasteiger partial charge in [-0.2, -0.15) is 0 Å². The molecule has 0 aromatic heterocycles. The standard InChI is InChI=1S/C17H14O.3C10H15.F6P.3Mo.Pd.4S/c18-17(13-11-15-7-3-1-4-8-15)14-12-16-9-5-2-6-10-16;3*1-6-7(2)9(4)10(5)8(6)3;1-7(2,3,4,5)6;;;;;;;;/h1-14H;3*1-5H3;;;;;;;;;/q;;;;-1;+3;2*+4;;4*-2. The molecule has 0 heterocycles. The second-order valence-corrected chi connectivity index (χ2v) is 16.1. The summed E-state index contributed by atoms with van der Waals surface area (Å²) in [6, 6.07) is 19.6. The Labute approximate surface area is 466 Å². The Hall–Kier alpha value is 2.25. The summed E-state index contributed by atoms with van der Waals surface area (Å²) in [5, 5.41) is 0. The van der Waals surface area contributed by atoms with Crippen molar-refractivity contribution in [1.29, 1.82) is 0 Å². The van der Waals surface area contributed by atoms with Gasteiger partial charge in [0.2, 0.25) is 0 Å². The molecule has 63 heavy (non-hydrogen) atoms. The van der Waals surface area contributed by atoms with E-state index in [1.165, 1.54) is 88.8 Å². The molecule has 0 bridgehead atoms. The van der Waals surface area contributed by atoms with Crippen LogP contribution in [0.3, 0.4) is 0 Å². The largest absolute Gasteiger partial charge is 4.00 e. The van der Waals surface area contributed by atoms with Crippen molar-refractivity contribution >= 4 is 67.6 Å². The molecule has 0 aliphatic heterocycles. The molecular formula is C47H59F6Mo3OPPdS4+2. The quantitative estimate of drug-likeness (QED) is 0.160. The Morgan fingerprint density at radius 3 is 0.619 bits per heavy atom. The van der Waals surface area contributed by atoms with E-state index in [0.717, 1.165) is 11.1 Å². The third-order valence-electron chi connectivity index (χ3n) is 10.9. The molecule has 0 N–H and O–H groups in total. The fraction of sp³-hybridized carbons (Fsp3) is 0.319. The second kappa shape index (κ2) is 35.4. The normalized spacial score (nSPS) is 19.1. The van der Waals surface area contributed by atoms with Crippen molar-refractivity contribution in [2.45, 2.75) is 104 Å². The van der Waals surface area contributed by atoms with Crippen LogP contribution in [0, 0.1) is 114 Å². The van der Waals surface area contributed by atoms with E-state index < -0.39 is 7.81 Å². The van der Waals surface area contributed by atoms with Crippen molar-refractivity contribution in [2.75, 3.05) is 0 Å². The van der Waals surface area contributed by atoms with Crippen LogP contribution in [-0.2, 0) is 142 Å². The molecule has 5 rings (SSSR count). The predicted molar refractivity (Wildman–Crippen MR) is 250 cm³/mol. The number of Topliss-reactive ketones (excluding diaryl/α,β-unsaturated/α-hetero) is 1. The first-order chi connectivity index (χ1) is 25.0. The molecule has 350 valence electrons. The van der Waals surface area contributed by atoms with Crippen molar-refractivity contribution in [3.8, 4) is 0 Å². The first-order valence-corrected chi connectivity index (χ1v) is 20.1. The van der Waals surface area contributed by atoms with Gasteiger partial charge >= 0.3 is 96.2 Å². The Bertz CT molecular complexity index is 1170. The fourth-order valence-corrected chi connectivity index (χ4v) is 5.76. The number of halogens is 6. The van der Waals surface area contributed by atoms with Crippen LogP contribution < -0.4 is 0 Å². The number of rotatable bonds is 6.